The van der Waals surface area contributed by atoms with Crippen molar-refractivity contribution in [3.8, 4) is 0 Å². The van der Waals surface area contributed by atoms with Gasteiger partial charge in [-0.25, -0.2) is 4.79 Å². The summed E-state index contributed by atoms with van der Waals surface area (Å²) in [6, 6.07) is 0. The second-order valence-electron chi connectivity index (χ2n) is 1.09. The first-order chi connectivity index (χ1) is 2.64. The van der Waals surface area contributed by atoms with Crippen LogP contribution in [0.25, 0.3) is 0 Å². The van der Waals surface area contributed by atoms with Crippen LogP contribution in [0.2, 0.25) is 0 Å². The van der Waals surface area contributed by atoms with Crippen LogP contribution in [0.3, 0.4) is 0 Å². The maximum atomic E-state index is 9.60. The Kier molecular flexibility index (Phi) is 5.81. The second kappa shape index (κ2) is 4.07. The van der Waals surface area contributed by atoms with Gasteiger partial charge in [0.05, 0.1) is 0 Å². The SMILES string of the molecule is C=C(C)C(=O)O.[Mo]. The Balaban J connectivity index is 0. The van der Waals surface area contributed by atoms with E-state index in [9.17, 15) is 4.79 Å². The van der Waals surface area contributed by atoms with Gasteiger partial charge in [-0.1, -0.05) is 6.58 Å². The van der Waals surface area contributed by atoms with Crippen LogP contribution in [0.5, 0.6) is 0 Å². The molecule has 1 N–H and O–H groups in total. The molecule has 0 fully saturated rings. The maximum absolute atomic E-state index is 9.60. The zero-order chi connectivity index (χ0) is 5.15. The van der Waals surface area contributed by atoms with Crippen molar-refractivity contribution in [1.29, 1.82) is 0 Å². The first-order valence-electron chi connectivity index (χ1n) is 1.53. The number of aliphatic carboxylic acids is 1. The number of carboxylic acids is 1. The molecule has 0 unspecified atom stereocenters. The van der Waals surface area contributed by atoms with E-state index in [1.807, 2.05) is 0 Å². The Hall–Kier alpha value is -0.102. The minimum absolute atomic E-state index is 0. The molecule has 40 valence electrons. The molecule has 0 aliphatic rings. The van der Waals surface area contributed by atoms with Crippen molar-refractivity contribution >= 4 is 5.97 Å². The van der Waals surface area contributed by atoms with Gasteiger partial charge in [-0.2, -0.15) is 0 Å². The average molecular weight is 182 g/mol. The van der Waals surface area contributed by atoms with Gasteiger partial charge in [0.1, 0.15) is 0 Å². The largest absolute Gasteiger partial charge is 0.478 e. The predicted molar refractivity (Wildman–Crippen MR) is 22.4 cm³/mol. The van der Waals surface area contributed by atoms with Gasteiger partial charge in [-0.15, -0.1) is 0 Å². The fraction of sp³-hybridized carbons (Fsp3) is 0.250. The molecule has 3 heteroatoms. The second-order valence-corrected chi connectivity index (χ2v) is 1.09. The van der Waals surface area contributed by atoms with Gasteiger partial charge in [-0.05, 0) is 6.92 Å². The molecule has 7 heavy (non-hydrogen) atoms. The molecule has 0 aliphatic carbocycles. The maximum Gasteiger partial charge on any atom is 0.330 e. The topological polar surface area (TPSA) is 37.3 Å². The Morgan fingerprint density at radius 2 is 1.86 bits per heavy atom. The van der Waals surface area contributed by atoms with Gasteiger partial charge in [0, 0.05) is 26.6 Å². The van der Waals surface area contributed by atoms with Gasteiger partial charge < -0.3 is 5.11 Å². The molecule has 0 spiro atoms. The fourth-order valence-electron chi connectivity index (χ4n) is 0. The third-order valence-corrected chi connectivity index (χ3v) is 0.365. The van der Waals surface area contributed by atoms with Crippen molar-refractivity contribution in [3.05, 3.63) is 12.2 Å². The minimum atomic E-state index is -0.935. The van der Waals surface area contributed by atoms with Gasteiger partial charge in [-0.3, -0.25) is 0 Å². The van der Waals surface area contributed by atoms with Crippen LogP contribution >= 0.6 is 0 Å². The van der Waals surface area contributed by atoms with E-state index in [0.717, 1.165) is 0 Å². The Labute approximate surface area is 56.5 Å². The molecule has 0 rings (SSSR count). The van der Waals surface area contributed by atoms with E-state index < -0.39 is 5.97 Å². The average Bonchev–Trinajstić information content (AvgIpc) is 1.36. The molecule has 0 aliphatic heterocycles. The molecular weight excluding hydrogens is 176 g/mol. The molecule has 0 aromatic rings. The summed E-state index contributed by atoms with van der Waals surface area (Å²) in [6.07, 6.45) is 0. The van der Waals surface area contributed by atoms with Crippen LogP contribution in [-0.4, -0.2) is 11.1 Å². The fourth-order valence-corrected chi connectivity index (χ4v) is 0. The number of carbonyl (C=O) groups is 1. The van der Waals surface area contributed by atoms with E-state index >= 15 is 0 Å². The smallest absolute Gasteiger partial charge is 0.330 e. The van der Waals surface area contributed by atoms with Crippen molar-refractivity contribution in [2.24, 2.45) is 0 Å². The molecular formula is C4H6MoO2. The third-order valence-electron chi connectivity index (χ3n) is 0.365. The predicted octanol–water partition coefficient (Wildman–Crippen LogP) is 0.645. The minimum Gasteiger partial charge on any atom is -0.478 e. The van der Waals surface area contributed by atoms with Gasteiger partial charge >= 0.3 is 5.97 Å². The Bertz CT molecular complexity index is 75.7. The summed E-state index contributed by atoms with van der Waals surface area (Å²) in [7, 11) is 0. The molecule has 0 heterocycles. The molecule has 2 nitrogen and oxygen atoms in total. The number of rotatable bonds is 1. The molecule has 0 bridgehead atoms. The van der Waals surface area contributed by atoms with E-state index in [-0.39, 0.29) is 26.6 Å². The first kappa shape index (κ1) is 10.0. The molecule has 0 saturated heterocycles. The van der Waals surface area contributed by atoms with Crippen molar-refractivity contribution in [2.45, 2.75) is 6.92 Å². The van der Waals surface area contributed by atoms with E-state index in [1.54, 1.807) is 0 Å². The summed E-state index contributed by atoms with van der Waals surface area (Å²) in [5.74, 6) is -0.935. The summed E-state index contributed by atoms with van der Waals surface area (Å²) in [5, 5.41) is 7.89. The number of carboxylic acid groups (broad SMARTS) is 1. The summed E-state index contributed by atoms with van der Waals surface area (Å²) in [5.41, 5.74) is 0.176. The normalized spacial score (nSPS) is 6.43. The summed E-state index contributed by atoms with van der Waals surface area (Å²) >= 11 is 0. The monoisotopic (exact) mass is 184 g/mol. The molecule has 0 saturated carbocycles. The van der Waals surface area contributed by atoms with Crippen LogP contribution in [0.4, 0.5) is 0 Å². The Morgan fingerprint density at radius 3 is 1.86 bits per heavy atom. The quantitative estimate of drug-likeness (QED) is 0.477. The van der Waals surface area contributed by atoms with E-state index in [0.29, 0.717) is 0 Å². The summed E-state index contributed by atoms with van der Waals surface area (Å²) in [4.78, 5) is 9.60. The molecule has 0 atom stereocenters. The zero-order valence-electron chi connectivity index (χ0n) is 3.97. The number of hydrogen-bond donors (Lipinski definition) is 1. The van der Waals surface area contributed by atoms with Crippen molar-refractivity contribution in [2.75, 3.05) is 0 Å². The van der Waals surface area contributed by atoms with Crippen molar-refractivity contribution < 1.29 is 31.0 Å². The molecule has 0 aromatic carbocycles. The Morgan fingerprint density at radius 1 is 1.71 bits per heavy atom. The van der Waals surface area contributed by atoms with Crippen LogP contribution in [0, 0.1) is 0 Å². The van der Waals surface area contributed by atoms with Crippen molar-refractivity contribution in [3.63, 3.8) is 0 Å². The van der Waals surface area contributed by atoms with E-state index in [2.05, 4.69) is 6.58 Å². The van der Waals surface area contributed by atoms with Crippen LogP contribution in [-0.2, 0) is 25.9 Å². The van der Waals surface area contributed by atoms with Gasteiger partial charge in [0.15, 0.2) is 0 Å². The van der Waals surface area contributed by atoms with Crippen LogP contribution < -0.4 is 0 Å². The molecule has 0 aromatic heterocycles. The summed E-state index contributed by atoms with van der Waals surface area (Å²) < 4.78 is 0. The first-order valence-corrected chi connectivity index (χ1v) is 1.53. The third kappa shape index (κ3) is 5.90. The van der Waals surface area contributed by atoms with E-state index in [1.165, 1.54) is 6.92 Å². The van der Waals surface area contributed by atoms with Gasteiger partial charge in [0.25, 0.3) is 0 Å². The molecule has 0 radical (unpaired) electrons. The van der Waals surface area contributed by atoms with Crippen molar-refractivity contribution in [1.82, 2.24) is 0 Å². The van der Waals surface area contributed by atoms with Crippen LogP contribution in [0.15, 0.2) is 12.2 Å². The van der Waals surface area contributed by atoms with Gasteiger partial charge in [0.2, 0.25) is 0 Å². The van der Waals surface area contributed by atoms with Crippen LogP contribution in [0.1, 0.15) is 6.92 Å². The summed E-state index contributed by atoms with van der Waals surface area (Å²) in [6.45, 7) is 4.60. The molecule has 0 amide bonds. The standard InChI is InChI=1S/C4H6O2.Mo/c1-3(2)4(5)6;/h1H2,2H3,(H,5,6);. The number of hydrogen-bond acceptors (Lipinski definition) is 1. The van der Waals surface area contributed by atoms with E-state index in [4.69, 9.17) is 5.11 Å². The zero-order valence-corrected chi connectivity index (χ0v) is 5.98.